The summed E-state index contributed by atoms with van der Waals surface area (Å²) >= 11 is 6.76. The highest BCUT2D eigenvalue weighted by Crippen LogP contribution is 2.61. The maximum absolute atomic E-state index is 11.4. The number of aliphatic hydroxyl groups is 1. The molecule has 6 heteroatoms. The molecule has 4 atom stereocenters. The molecule has 2 N–H and O–H groups in total. The summed E-state index contributed by atoms with van der Waals surface area (Å²) < 4.78 is 5.90. The van der Waals surface area contributed by atoms with Gasteiger partial charge in [-0.15, -0.1) is 0 Å². The lowest BCUT2D eigenvalue weighted by atomic mass is 9.50. The van der Waals surface area contributed by atoms with Crippen molar-refractivity contribution in [3.63, 3.8) is 0 Å². The van der Waals surface area contributed by atoms with Gasteiger partial charge in [0.05, 0.1) is 22.6 Å². The van der Waals surface area contributed by atoms with Crippen LogP contribution in [0.5, 0.6) is 5.75 Å². The summed E-state index contributed by atoms with van der Waals surface area (Å²) in [5, 5.41) is 22.9. The largest absolute Gasteiger partial charge is 0.489 e. The van der Waals surface area contributed by atoms with Gasteiger partial charge >= 0.3 is 0 Å². The van der Waals surface area contributed by atoms with E-state index in [1.807, 2.05) is 32.2 Å². The van der Waals surface area contributed by atoms with E-state index in [9.17, 15) is 10.4 Å². The zero-order chi connectivity index (χ0) is 22.8. The van der Waals surface area contributed by atoms with E-state index in [0.29, 0.717) is 29.3 Å². The van der Waals surface area contributed by atoms with Crippen LogP contribution in [0.3, 0.4) is 0 Å². The minimum Gasteiger partial charge on any atom is -0.489 e. The first-order valence-corrected chi connectivity index (χ1v) is 12.3. The smallest absolute Gasteiger partial charge is 0.139 e. The number of halogens is 1. The molecule has 1 aromatic carbocycles. The minimum absolute atomic E-state index is 0.0508. The number of nitrogens with one attached hydrogen (secondary N) is 1. The maximum Gasteiger partial charge on any atom is 0.139 e. The van der Waals surface area contributed by atoms with Crippen molar-refractivity contribution in [2.24, 2.45) is 10.8 Å². The van der Waals surface area contributed by atoms with Crippen LogP contribution in [0.2, 0.25) is 5.02 Å². The lowest BCUT2D eigenvalue weighted by Crippen LogP contribution is -2.66. The van der Waals surface area contributed by atoms with Crippen molar-refractivity contribution >= 4 is 22.5 Å². The molecule has 2 aromatic rings. The van der Waals surface area contributed by atoms with Gasteiger partial charge in [-0.05, 0) is 81.4 Å². The van der Waals surface area contributed by atoms with Crippen LogP contribution in [0.1, 0.15) is 77.7 Å². The van der Waals surface area contributed by atoms with Gasteiger partial charge in [-0.2, -0.15) is 5.26 Å². The van der Waals surface area contributed by atoms with Gasteiger partial charge < -0.3 is 14.8 Å². The highest BCUT2D eigenvalue weighted by Gasteiger charge is 2.60. The minimum atomic E-state index is -0.516. The molecule has 2 saturated carbocycles. The Morgan fingerprint density at radius 3 is 2.56 bits per heavy atom. The number of hydrogen-bond acceptors (Lipinski definition) is 4. The second-order valence-corrected chi connectivity index (χ2v) is 11.7. The molecule has 0 amide bonds. The van der Waals surface area contributed by atoms with Crippen molar-refractivity contribution in [1.82, 2.24) is 9.88 Å². The SMILES string of the molecule is CC(C)Oc1ccc2[nH]cc(C(C)CC(O)N3C4CC5(C)CC3CC(C#N)(C4)C5)c2c1Cl. The Kier molecular flexibility index (Phi) is 5.28. The third kappa shape index (κ3) is 3.52. The van der Waals surface area contributed by atoms with Crippen LogP contribution in [0.4, 0.5) is 0 Å². The zero-order valence-electron chi connectivity index (χ0n) is 19.5. The monoisotopic (exact) mass is 455 g/mol. The molecular weight excluding hydrogens is 422 g/mol. The third-order valence-electron chi connectivity index (χ3n) is 8.14. The summed E-state index contributed by atoms with van der Waals surface area (Å²) in [5.41, 5.74) is 2.17. The van der Waals surface area contributed by atoms with Crippen LogP contribution >= 0.6 is 11.6 Å². The van der Waals surface area contributed by atoms with Gasteiger partial charge in [-0.3, -0.25) is 4.90 Å². The number of nitrogens with zero attached hydrogens (tertiary/aromatic N) is 2. The summed E-state index contributed by atoms with van der Waals surface area (Å²) in [7, 11) is 0. The number of aromatic nitrogens is 1. The molecular formula is C26H34ClN3O2. The lowest BCUT2D eigenvalue weighted by Gasteiger charge is -2.64. The zero-order valence-corrected chi connectivity index (χ0v) is 20.2. The van der Waals surface area contributed by atoms with Crippen molar-refractivity contribution in [3.8, 4) is 11.8 Å². The Morgan fingerprint density at radius 1 is 1.25 bits per heavy atom. The van der Waals surface area contributed by atoms with E-state index in [1.54, 1.807) is 0 Å². The van der Waals surface area contributed by atoms with E-state index in [-0.39, 0.29) is 22.9 Å². The number of nitriles is 1. The van der Waals surface area contributed by atoms with Crippen molar-refractivity contribution in [2.75, 3.05) is 0 Å². The number of fused-ring (bicyclic) bond motifs is 1. The number of aromatic amines is 1. The van der Waals surface area contributed by atoms with Crippen molar-refractivity contribution in [2.45, 2.75) is 96.6 Å². The van der Waals surface area contributed by atoms with Crippen molar-refractivity contribution in [1.29, 1.82) is 5.26 Å². The fourth-order valence-electron chi connectivity index (χ4n) is 7.28. The highest BCUT2D eigenvalue weighted by atomic mass is 35.5. The van der Waals surface area contributed by atoms with Gasteiger partial charge in [-0.1, -0.05) is 25.4 Å². The van der Waals surface area contributed by atoms with Crippen LogP contribution in [0.25, 0.3) is 10.9 Å². The second-order valence-electron chi connectivity index (χ2n) is 11.3. The molecule has 4 bridgehead atoms. The summed E-state index contributed by atoms with van der Waals surface area (Å²) in [6, 6.07) is 7.20. The molecule has 2 saturated heterocycles. The number of benzene rings is 1. The number of ether oxygens (including phenoxy) is 1. The Hall–Kier alpha value is -1.74. The normalized spacial score (nSPS) is 33.6. The number of rotatable bonds is 6. The van der Waals surface area contributed by atoms with Crippen LogP contribution in [-0.2, 0) is 0 Å². The number of piperidine rings is 2. The first-order valence-electron chi connectivity index (χ1n) is 12.0. The average molecular weight is 456 g/mol. The van der Waals surface area contributed by atoms with Crippen LogP contribution in [0.15, 0.2) is 18.3 Å². The first kappa shape index (κ1) is 22.1. The topological polar surface area (TPSA) is 72.3 Å². The van der Waals surface area contributed by atoms with E-state index in [0.717, 1.165) is 48.6 Å². The molecule has 2 aliphatic heterocycles. The van der Waals surface area contributed by atoms with E-state index in [2.05, 4.69) is 29.8 Å². The third-order valence-corrected chi connectivity index (χ3v) is 8.51. The van der Waals surface area contributed by atoms with E-state index in [4.69, 9.17) is 16.3 Å². The summed E-state index contributed by atoms with van der Waals surface area (Å²) in [6.45, 7) is 8.49. The van der Waals surface area contributed by atoms with Crippen molar-refractivity contribution < 1.29 is 9.84 Å². The van der Waals surface area contributed by atoms with Gasteiger partial charge in [0, 0.05) is 29.2 Å². The Bertz CT molecular complexity index is 1050. The molecule has 5 nitrogen and oxygen atoms in total. The Labute approximate surface area is 195 Å². The number of H-pyrrole nitrogens is 1. The summed E-state index contributed by atoms with van der Waals surface area (Å²) in [5.74, 6) is 0.825. The first-order chi connectivity index (χ1) is 15.1. The molecule has 4 aliphatic rings. The molecule has 4 unspecified atom stereocenters. The molecule has 2 aliphatic carbocycles. The fourth-order valence-corrected chi connectivity index (χ4v) is 7.60. The molecule has 0 radical (unpaired) electrons. The second kappa shape index (κ2) is 7.65. The predicted octanol–water partition coefficient (Wildman–Crippen LogP) is 5.97. The molecule has 0 spiro atoms. The quantitative estimate of drug-likeness (QED) is 0.563. The van der Waals surface area contributed by atoms with Crippen molar-refractivity contribution in [3.05, 3.63) is 28.9 Å². The van der Waals surface area contributed by atoms with Gasteiger partial charge in [0.1, 0.15) is 12.0 Å². The standard InChI is InChI=1S/C26H34ClN3O2/c1-15(2)32-21-6-5-20-23(24(21)27)19(12-29-20)16(3)7-22(31)30-17-8-25(4)9-18(30)11-26(10-17,13-25)14-28/h5-6,12,15-18,22,29,31H,7-11,13H2,1-4H3. The summed E-state index contributed by atoms with van der Waals surface area (Å²) in [6.07, 6.45) is 7.20. The maximum atomic E-state index is 11.4. The fraction of sp³-hybridized carbons (Fsp3) is 0.654. The van der Waals surface area contributed by atoms with Gasteiger partial charge in [0.25, 0.3) is 0 Å². The summed E-state index contributed by atoms with van der Waals surface area (Å²) in [4.78, 5) is 5.68. The molecule has 6 rings (SSSR count). The van der Waals surface area contributed by atoms with Gasteiger partial charge in [0.2, 0.25) is 0 Å². The van der Waals surface area contributed by atoms with E-state index < -0.39 is 6.23 Å². The predicted molar refractivity (Wildman–Crippen MR) is 127 cm³/mol. The lowest BCUT2D eigenvalue weighted by molar-refractivity contribution is -0.182. The molecule has 4 fully saturated rings. The average Bonchev–Trinajstić information content (AvgIpc) is 3.13. The van der Waals surface area contributed by atoms with E-state index >= 15 is 0 Å². The van der Waals surface area contributed by atoms with Crippen LogP contribution in [-0.4, -0.2) is 39.4 Å². The van der Waals surface area contributed by atoms with Gasteiger partial charge in [-0.25, -0.2) is 0 Å². The van der Waals surface area contributed by atoms with Crippen LogP contribution in [0, 0.1) is 22.2 Å². The Balaban J connectivity index is 1.38. The van der Waals surface area contributed by atoms with E-state index in [1.165, 1.54) is 0 Å². The molecule has 3 heterocycles. The van der Waals surface area contributed by atoms with Crippen LogP contribution < -0.4 is 4.74 Å². The molecule has 1 aromatic heterocycles. The number of hydrogen-bond donors (Lipinski definition) is 2. The van der Waals surface area contributed by atoms with Gasteiger partial charge in [0.15, 0.2) is 0 Å². The number of aliphatic hydroxyl groups excluding tert-OH is 1. The molecule has 32 heavy (non-hydrogen) atoms. The molecule has 172 valence electrons. The highest BCUT2D eigenvalue weighted by molar-refractivity contribution is 6.37. The Morgan fingerprint density at radius 2 is 1.94 bits per heavy atom.